The van der Waals surface area contributed by atoms with Crippen LogP contribution in [0.1, 0.15) is 29.8 Å². The summed E-state index contributed by atoms with van der Waals surface area (Å²) in [6, 6.07) is 10.7. The summed E-state index contributed by atoms with van der Waals surface area (Å²) in [5, 5.41) is 4.64. The molecule has 1 amide bonds. The number of rotatable bonds is 7. The van der Waals surface area contributed by atoms with E-state index >= 15 is 0 Å². The minimum atomic E-state index is -3.68. The van der Waals surface area contributed by atoms with Gasteiger partial charge in [0, 0.05) is 29.6 Å². The fourth-order valence-corrected chi connectivity index (χ4v) is 5.20. The molecule has 0 unspecified atom stereocenters. The molecule has 0 saturated heterocycles. The minimum Gasteiger partial charge on any atom is -0.298 e. The van der Waals surface area contributed by atoms with Crippen LogP contribution in [0.2, 0.25) is 0 Å². The Morgan fingerprint density at radius 3 is 2.53 bits per heavy atom. The lowest BCUT2D eigenvalue weighted by molar-refractivity contribution is 0.102. The van der Waals surface area contributed by atoms with Gasteiger partial charge in [-0.2, -0.15) is 4.31 Å². The van der Waals surface area contributed by atoms with Gasteiger partial charge in [-0.15, -0.1) is 11.3 Å². The number of nitrogens with zero attached hydrogens (tertiary/aromatic N) is 2. The molecule has 1 N–H and O–H groups in total. The minimum absolute atomic E-state index is 0.0631. The number of aryl methyl sites for hydroxylation is 1. The van der Waals surface area contributed by atoms with Crippen LogP contribution in [0.4, 0.5) is 9.52 Å². The highest BCUT2D eigenvalue weighted by Gasteiger charge is 2.23. The average Bonchev–Trinajstić information content (AvgIpc) is 3.17. The van der Waals surface area contributed by atoms with E-state index in [9.17, 15) is 17.6 Å². The third kappa shape index (κ3) is 4.43. The highest BCUT2D eigenvalue weighted by molar-refractivity contribution is 7.89. The number of anilines is 1. The van der Waals surface area contributed by atoms with Crippen LogP contribution < -0.4 is 5.32 Å². The van der Waals surface area contributed by atoms with Crippen LogP contribution in [-0.4, -0.2) is 36.7 Å². The summed E-state index contributed by atoms with van der Waals surface area (Å²) in [7, 11) is -3.68. The monoisotopic (exact) mass is 447 g/mol. The number of thiazole rings is 1. The van der Waals surface area contributed by atoms with Crippen molar-refractivity contribution in [2.75, 3.05) is 18.4 Å². The van der Waals surface area contributed by atoms with Crippen LogP contribution in [0.3, 0.4) is 0 Å². The lowest BCUT2D eigenvalue weighted by Crippen LogP contribution is -2.30. The molecular weight excluding hydrogens is 425 g/mol. The fourth-order valence-electron chi connectivity index (χ4n) is 3.01. The molecule has 3 rings (SSSR count). The number of hydrogen-bond donors (Lipinski definition) is 1. The van der Waals surface area contributed by atoms with Crippen LogP contribution in [0.5, 0.6) is 0 Å². The lowest BCUT2D eigenvalue weighted by Gasteiger charge is -2.19. The van der Waals surface area contributed by atoms with E-state index in [4.69, 9.17) is 0 Å². The number of benzene rings is 2. The average molecular weight is 448 g/mol. The second kappa shape index (κ2) is 9.03. The summed E-state index contributed by atoms with van der Waals surface area (Å²) in [5.41, 5.74) is 1.64. The van der Waals surface area contributed by atoms with E-state index in [1.165, 1.54) is 33.8 Å². The third-order valence-corrected chi connectivity index (χ3v) is 7.47. The zero-order chi connectivity index (χ0) is 21.9. The molecule has 1 aromatic heterocycles. The van der Waals surface area contributed by atoms with Gasteiger partial charge in [-0.25, -0.2) is 17.8 Å². The molecule has 0 aliphatic carbocycles. The number of aromatic nitrogens is 1. The molecule has 0 bridgehead atoms. The molecule has 158 valence electrons. The highest BCUT2D eigenvalue weighted by Crippen LogP contribution is 2.27. The quantitative estimate of drug-likeness (QED) is 0.577. The zero-order valence-corrected chi connectivity index (χ0v) is 18.5. The van der Waals surface area contributed by atoms with Crippen LogP contribution >= 0.6 is 11.3 Å². The first-order valence-electron chi connectivity index (χ1n) is 9.40. The van der Waals surface area contributed by atoms with Gasteiger partial charge in [0.05, 0.1) is 10.6 Å². The van der Waals surface area contributed by atoms with Gasteiger partial charge in [0.15, 0.2) is 5.13 Å². The Labute approximate surface area is 179 Å². The summed E-state index contributed by atoms with van der Waals surface area (Å²) in [6.07, 6.45) is 0. The predicted molar refractivity (Wildman–Crippen MR) is 117 cm³/mol. The second-order valence-electron chi connectivity index (χ2n) is 6.54. The normalized spacial score (nSPS) is 11.6. The van der Waals surface area contributed by atoms with Gasteiger partial charge >= 0.3 is 0 Å². The maximum absolute atomic E-state index is 14.0. The van der Waals surface area contributed by atoms with Gasteiger partial charge in [-0.1, -0.05) is 32.0 Å². The first-order chi connectivity index (χ1) is 14.3. The van der Waals surface area contributed by atoms with Crippen LogP contribution in [0, 0.1) is 12.7 Å². The molecule has 3 aromatic rings. The van der Waals surface area contributed by atoms with Gasteiger partial charge in [0.2, 0.25) is 10.0 Å². The molecule has 0 aliphatic rings. The molecular formula is C21H22FN3O3S2. The molecule has 0 aliphatic heterocycles. The summed E-state index contributed by atoms with van der Waals surface area (Å²) in [4.78, 5) is 17.2. The van der Waals surface area contributed by atoms with Crippen molar-refractivity contribution in [3.63, 3.8) is 0 Å². The molecule has 0 spiro atoms. The molecule has 0 saturated carbocycles. The van der Waals surface area contributed by atoms with Crippen molar-refractivity contribution >= 4 is 32.4 Å². The summed E-state index contributed by atoms with van der Waals surface area (Å²) in [6.45, 7) is 5.94. The van der Waals surface area contributed by atoms with E-state index < -0.39 is 21.7 Å². The van der Waals surface area contributed by atoms with E-state index in [-0.39, 0.29) is 10.5 Å². The van der Waals surface area contributed by atoms with Crippen LogP contribution in [-0.2, 0) is 10.0 Å². The van der Waals surface area contributed by atoms with E-state index in [0.29, 0.717) is 35.0 Å². The van der Waals surface area contributed by atoms with Crippen molar-refractivity contribution in [2.24, 2.45) is 0 Å². The third-order valence-electron chi connectivity index (χ3n) is 4.67. The maximum atomic E-state index is 14.0. The van der Waals surface area contributed by atoms with Crippen LogP contribution in [0.25, 0.3) is 11.3 Å². The fraction of sp³-hybridized carbons (Fsp3) is 0.238. The van der Waals surface area contributed by atoms with Crippen molar-refractivity contribution in [1.82, 2.24) is 9.29 Å². The van der Waals surface area contributed by atoms with Crippen molar-refractivity contribution in [2.45, 2.75) is 25.7 Å². The number of carbonyl (C=O) groups is 1. The Kier molecular flexibility index (Phi) is 6.64. The van der Waals surface area contributed by atoms with Crippen molar-refractivity contribution in [1.29, 1.82) is 0 Å². The van der Waals surface area contributed by atoms with E-state index in [1.54, 1.807) is 50.4 Å². The van der Waals surface area contributed by atoms with Gasteiger partial charge in [0.1, 0.15) is 5.82 Å². The van der Waals surface area contributed by atoms with Gasteiger partial charge in [0.25, 0.3) is 5.91 Å². The molecule has 30 heavy (non-hydrogen) atoms. The lowest BCUT2D eigenvalue weighted by atomic mass is 10.1. The molecule has 0 atom stereocenters. The first kappa shape index (κ1) is 22.1. The Morgan fingerprint density at radius 2 is 1.87 bits per heavy atom. The Bertz CT molecular complexity index is 1170. The topological polar surface area (TPSA) is 79.4 Å². The first-order valence-corrected chi connectivity index (χ1v) is 11.7. The summed E-state index contributed by atoms with van der Waals surface area (Å²) in [5.74, 6) is -0.871. The molecule has 1 heterocycles. The smallest absolute Gasteiger partial charge is 0.257 e. The summed E-state index contributed by atoms with van der Waals surface area (Å²) >= 11 is 1.17. The maximum Gasteiger partial charge on any atom is 0.257 e. The molecule has 0 fully saturated rings. The van der Waals surface area contributed by atoms with Crippen LogP contribution in [0.15, 0.2) is 52.7 Å². The van der Waals surface area contributed by atoms with E-state index in [0.717, 1.165) is 0 Å². The Morgan fingerprint density at radius 1 is 1.17 bits per heavy atom. The molecule has 6 nitrogen and oxygen atoms in total. The van der Waals surface area contributed by atoms with Gasteiger partial charge < -0.3 is 0 Å². The standard InChI is InChI=1S/C21H22FN3O3S2/c1-4-25(5-2)30(27,28)15-11-10-14(3)17(12-15)20(26)24-21-23-19(13-29-21)16-8-6-7-9-18(16)22/h6-13H,4-5H2,1-3H3,(H,23,24,26). The summed E-state index contributed by atoms with van der Waals surface area (Å²) < 4.78 is 40.9. The van der Waals surface area contributed by atoms with Crippen molar-refractivity contribution in [3.05, 3.63) is 64.8 Å². The van der Waals surface area contributed by atoms with Crippen molar-refractivity contribution in [3.8, 4) is 11.3 Å². The number of halogens is 1. The predicted octanol–water partition coefficient (Wildman–Crippen LogP) is 4.54. The molecule has 2 aromatic carbocycles. The molecule has 0 radical (unpaired) electrons. The SMILES string of the molecule is CCN(CC)S(=O)(=O)c1ccc(C)c(C(=O)Nc2nc(-c3ccccc3F)cs2)c1. The van der Waals surface area contributed by atoms with Gasteiger partial charge in [-0.05, 0) is 36.8 Å². The highest BCUT2D eigenvalue weighted by atomic mass is 32.2. The van der Waals surface area contributed by atoms with E-state index in [2.05, 4.69) is 10.3 Å². The number of hydrogen-bond acceptors (Lipinski definition) is 5. The van der Waals surface area contributed by atoms with Crippen molar-refractivity contribution < 1.29 is 17.6 Å². The number of carbonyl (C=O) groups excluding carboxylic acids is 1. The number of sulfonamides is 1. The number of amides is 1. The zero-order valence-electron chi connectivity index (χ0n) is 16.8. The molecule has 9 heteroatoms. The van der Waals surface area contributed by atoms with E-state index in [1.807, 2.05) is 0 Å². The largest absolute Gasteiger partial charge is 0.298 e. The van der Waals surface area contributed by atoms with Gasteiger partial charge in [-0.3, -0.25) is 10.1 Å². The number of nitrogens with one attached hydrogen (secondary N) is 1. The Balaban J connectivity index is 1.87. The Hall–Kier alpha value is -2.62. The second-order valence-corrected chi connectivity index (χ2v) is 9.33.